The number of aromatic amines is 1. The Morgan fingerprint density at radius 3 is 2.89 bits per heavy atom. The minimum absolute atomic E-state index is 0.00737. The molecule has 0 unspecified atom stereocenters. The number of H-pyrrole nitrogens is 1. The lowest BCUT2D eigenvalue weighted by Crippen LogP contribution is -2.37. The molecule has 2 N–H and O–H groups in total. The van der Waals surface area contributed by atoms with E-state index in [0.717, 1.165) is 42.8 Å². The second-order valence-corrected chi connectivity index (χ2v) is 4.55. The van der Waals surface area contributed by atoms with Crippen molar-refractivity contribution in [3.05, 3.63) is 30.1 Å². The van der Waals surface area contributed by atoms with Crippen LogP contribution in [0, 0.1) is 0 Å². The second kappa shape index (κ2) is 4.68. The first kappa shape index (κ1) is 11.1. The number of rotatable bonds is 2. The molecule has 94 valence electrons. The van der Waals surface area contributed by atoms with E-state index in [0.29, 0.717) is 6.54 Å². The Kier molecular flexibility index (Phi) is 2.88. The largest absolute Gasteiger partial charge is 0.340 e. The first-order chi connectivity index (χ1) is 8.83. The maximum Gasteiger partial charge on any atom is 0.317 e. The van der Waals surface area contributed by atoms with Crippen molar-refractivity contribution in [2.24, 2.45) is 0 Å². The highest BCUT2D eigenvalue weighted by Gasteiger charge is 2.17. The van der Waals surface area contributed by atoms with Crippen LogP contribution in [0.3, 0.4) is 0 Å². The van der Waals surface area contributed by atoms with E-state index in [1.165, 1.54) is 0 Å². The highest BCUT2D eigenvalue weighted by molar-refractivity contribution is 5.76. The molecule has 18 heavy (non-hydrogen) atoms. The maximum atomic E-state index is 11.8. The van der Waals surface area contributed by atoms with Crippen LogP contribution in [0.15, 0.2) is 24.3 Å². The van der Waals surface area contributed by atoms with Gasteiger partial charge in [0.2, 0.25) is 0 Å². The van der Waals surface area contributed by atoms with Gasteiger partial charge in [0.15, 0.2) is 0 Å². The molecule has 2 heterocycles. The fourth-order valence-corrected chi connectivity index (χ4v) is 2.28. The predicted molar refractivity (Wildman–Crippen MR) is 69.1 cm³/mol. The number of aromatic nitrogens is 2. The Bertz CT molecular complexity index is 524. The third-order valence-electron chi connectivity index (χ3n) is 3.24. The molecular weight excluding hydrogens is 228 g/mol. The molecule has 0 aliphatic carbocycles. The molecule has 0 saturated carbocycles. The van der Waals surface area contributed by atoms with Gasteiger partial charge in [-0.05, 0) is 25.0 Å². The third-order valence-corrected chi connectivity index (χ3v) is 3.24. The van der Waals surface area contributed by atoms with Crippen LogP contribution < -0.4 is 5.32 Å². The summed E-state index contributed by atoms with van der Waals surface area (Å²) in [7, 11) is 0. The van der Waals surface area contributed by atoms with Gasteiger partial charge < -0.3 is 15.2 Å². The van der Waals surface area contributed by atoms with Crippen molar-refractivity contribution < 1.29 is 4.79 Å². The monoisotopic (exact) mass is 244 g/mol. The summed E-state index contributed by atoms with van der Waals surface area (Å²) in [4.78, 5) is 21.3. The number of nitrogens with one attached hydrogen (secondary N) is 2. The lowest BCUT2D eigenvalue weighted by Gasteiger charge is -2.15. The van der Waals surface area contributed by atoms with E-state index in [9.17, 15) is 4.79 Å². The average Bonchev–Trinajstić information content (AvgIpc) is 3.04. The Hall–Kier alpha value is -2.04. The maximum absolute atomic E-state index is 11.8. The minimum Gasteiger partial charge on any atom is -0.340 e. The quantitative estimate of drug-likeness (QED) is 0.847. The average molecular weight is 244 g/mol. The molecule has 5 heteroatoms. The van der Waals surface area contributed by atoms with E-state index in [-0.39, 0.29) is 6.03 Å². The lowest BCUT2D eigenvalue weighted by molar-refractivity contribution is 0.208. The number of hydrogen-bond donors (Lipinski definition) is 2. The van der Waals surface area contributed by atoms with Crippen LogP contribution in [0.2, 0.25) is 0 Å². The van der Waals surface area contributed by atoms with Crippen molar-refractivity contribution in [3.63, 3.8) is 0 Å². The Morgan fingerprint density at radius 1 is 1.33 bits per heavy atom. The van der Waals surface area contributed by atoms with Crippen LogP contribution in [-0.2, 0) is 6.54 Å². The zero-order chi connectivity index (χ0) is 12.4. The second-order valence-electron chi connectivity index (χ2n) is 4.55. The molecule has 1 saturated heterocycles. The van der Waals surface area contributed by atoms with Crippen molar-refractivity contribution >= 4 is 17.1 Å². The number of amides is 2. The van der Waals surface area contributed by atoms with Gasteiger partial charge in [-0.3, -0.25) is 0 Å². The summed E-state index contributed by atoms with van der Waals surface area (Å²) in [6.07, 6.45) is 2.22. The van der Waals surface area contributed by atoms with Crippen LogP contribution in [0.25, 0.3) is 11.0 Å². The fourth-order valence-electron chi connectivity index (χ4n) is 2.28. The van der Waals surface area contributed by atoms with Gasteiger partial charge in [-0.15, -0.1) is 0 Å². The van der Waals surface area contributed by atoms with Gasteiger partial charge in [-0.2, -0.15) is 0 Å². The molecule has 0 bridgehead atoms. The smallest absolute Gasteiger partial charge is 0.317 e. The zero-order valence-electron chi connectivity index (χ0n) is 10.1. The normalized spacial score (nSPS) is 15.2. The predicted octanol–water partition coefficient (Wildman–Crippen LogP) is 1.87. The lowest BCUT2D eigenvalue weighted by atomic mass is 10.3. The number of hydrogen-bond acceptors (Lipinski definition) is 2. The molecule has 0 spiro atoms. The van der Waals surface area contributed by atoms with Gasteiger partial charge in [-0.1, -0.05) is 12.1 Å². The standard InChI is InChI=1S/C13H16N4O/c18-13(17-7-3-4-8-17)14-9-12-15-10-5-1-2-6-11(10)16-12/h1-2,5-6H,3-4,7-9H2,(H,14,18)(H,15,16). The molecule has 5 nitrogen and oxygen atoms in total. The van der Waals surface area contributed by atoms with Gasteiger partial charge >= 0.3 is 6.03 Å². The van der Waals surface area contributed by atoms with Gasteiger partial charge in [0.1, 0.15) is 5.82 Å². The molecule has 2 aromatic rings. The zero-order valence-corrected chi connectivity index (χ0v) is 10.1. The van der Waals surface area contributed by atoms with Crippen molar-refractivity contribution in [2.45, 2.75) is 19.4 Å². The fraction of sp³-hybridized carbons (Fsp3) is 0.385. The first-order valence-corrected chi connectivity index (χ1v) is 6.29. The van der Waals surface area contributed by atoms with Gasteiger partial charge in [-0.25, -0.2) is 9.78 Å². The van der Waals surface area contributed by atoms with E-state index in [2.05, 4.69) is 15.3 Å². The summed E-state index contributed by atoms with van der Waals surface area (Å²) in [6, 6.07) is 7.86. The van der Waals surface area contributed by atoms with Crippen LogP contribution in [-0.4, -0.2) is 34.0 Å². The number of urea groups is 1. The molecule has 1 aliphatic heterocycles. The number of benzene rings is 1. The number of nitrogens with zero attached hydrogens (tertiary/aromatic N) is 2. The Balaban J connectivity index is 1.63. The highest BCUT2D eigenvalue weighted by atomic mass is 16.2. The minimum atomic E-state index is 0.00737. The van der Waals surface area contributed by atoms with Crippen molar-refractivity contribution in [2.75, 3.05) is 13.1 Å². The van der Waals surface area contributed by atoms with Crippen molar-refractivity contribution in [1.82, 2.24) is 20.2 Å². The SMILES string of the molecule is O=C(NCc1nc2ccccc2[nH]1)N1CCCC1. The van der Waals surface area contributed by atoms with Crippen LogP contribution in [0.4, 0.5) is 4.79 Å². The molecule has 2 amide bonds. The molecular formula is C13H16N4O. The third kappa shape index (κ3) is 2.16. The van der Waals surface area contributed by atoms with Crippen LogP contribution in [0.5, 0.6) is 0 Å². The molecule has 3 rings (SSSR count). The molecule has 0 atom stereocenters. The summed E-state index contributed by atoms with van der Waals surface area (Å²) in [5.41, 5.74) is 1.94. The molecule has 1 aromatic heterocycles. The molecule has 1 fully saturated rings. The van der Waals surface area contributed by atoms with Gasteiger partial charge in [0.25, 0.3) is 0 Å². The van der Waals surface area contributed by atoms with E-state index in [1.54, 1.807) is 0 Å². The number of imidazole rings is 1. The molecule has 1 aromatic carbocycles. The van der Waals surface area contributed by atoms with E-state index >= 15 is 0 Å². The first-order valence-electron chi connectivity index (χ1n) is 6.29. The Morgan fingerprint density at radius 2 is 2.11 bits per heavy atom. The summed E-state index contributed by atoms with van der Waals surface area (Å²) >= 11 is 0. The number of carbonyl (C=O) groups is 1. The number of carbonyl (C=O) groups excluding carboxylic acids is 1. The van der Waals surface area contributed by atoms with Crippen LogP contribution >= 0.6 is 0 Å². The van der Waals surface area contributed by atoms with E-state index in [4.69, 9.17) is 0 Å². The number of fused-ring (bicyclic) bond motifs is 1. The molecule has 0 radical (unpaired) electrons. The van der Waals surface area contributed by atoms with Gasteiger partial charge in [0.05, 0.1) is 17.6 Å². The summed E-state index contributed by atoms with van der Waals surface area (Å²) < 4.78 is 0. The summed E-state index contributed by atoms with van der Waals surface area (Å²) in [6.45, 7) is 2.18. The van der Waals surface area contributed by atoms with Crippen LogP contribution in [0.1, 0.15) is 18.7 Å². The Labute approximate surface area is 105 Å². The van der Waals surface area contributed by atoms with Gasteiger partial charge in [0, 0.05) is 13.1 Å². The van der Waals surface area contributed by atoms with Crippen molar-refractivity contribution in [3.8, 4) is 0 Å². The topological polar surface area (TPSA) is 61.0 Å². The summed E-state index contributed by atoms with van der Waals surface area (Å²) in [5.74, 6) is 0.795. The highest BCUT2D eigenvalue weighted by Crippen LogP contribution is 2.10. The number of likely N-dealkylation sites (tertiary alicyclic amines) is 1. The summed E-state index contributed by atoms with van der Waals surface area (Å²) in [5, 5.41) is 2.90. The molecule has 1 aliphatic rings. The van der Waals surface area contributed by atoms with E-state index in [1.807, 2.05) is 29.2 Å². The van der Waals surface area contributed by atoms with E-state index < -0.39 is 0 Å². The number of para-hydroxylation sites is 2. The van der Waals surface area contributed by atoms with Crippen molar-refractivity contribution in [1.29, 1.82) is 0 Å².